The zero-order chi connectivity index (χ0) is 16.4. The van der Waals surface area contributed by atoms with E-state index < -0.39 is 0 Å². The number of benzene rings is 2. The van der Waals surface area contributed by atoms with Crippen LogP contribution >= 0.6 is 0 Å². The number of hydrogen-bond acceptors (Lipinski definition) is 2. The number of nitrogens with two attached hydrogens (primary N) is 1. The first kappa shape index (κ1) is 15.5. The largest absolute Gasteiger partial charge is 0.399 e. The van der Waals surface area contributed by atoms with Gasteiger partial charge in [-0.1, -0.05) is 31.2 Å². The quantitative estimate of drug-likeness (QED) is 0.881. The van der Waals surface area contributed by atoms with E-state index in [0.29, 0.717) is 18.0 Å². The van der Waals surface area contributed by atoms with Gasteiger partial charge in [0.25, 0.3) is 0 Å². The summed E-state index contributed by atoms with van der Waals surface area (Å²) in [6.07, 6.45) is 1.22. The predicted molar refractivity (Wildman–Crippen MR) is 89.2 cm³/mol. The van der Waals surface area contributed by atoms with Gasteiger partial charge in [-0.25, -0.2) is 4.39 Å². The lowest BCUT2D eigenvalue weighted by Gasteiger charge is -2.25. The molecule has 4 heteroatoms. The van der Waals surface area contributed by atoms with Crippen molar-refractivity contribution in [3.8, 4) is 0 Å². The molecule has 1 fully saturated rings. The molecule has 2 atom stereocenters. The molecule has 1 amide bonds. The Morgan fingerprint density at radius 1 is 1.26 bits per heavy atom. The molecule has 2 aromatic carbocycles. The highest BCUT2D eigenvalue weighted by Crippen LogP contribution is 2.35. The number of carbonyl (C=O) groups is 1. The molecular weight excluding hydrogens is 291 g/mol. The fourth-order valence-corrected chi connectivity index (χ4v) is 3.26. The number of carbonyl (C=O) groups excluding carboxylic acids is 1. The maximum Gasteiger partial charge on any atom is 0.227 e. The van der Waals surface area contributed by atoms with Crippen LogP contribution in [0, 0.1) is 11.7 Å². The van der Waals surface area contributed by atoms with Gasteiger partial charge in [0, 0.05) is 12.2 Å². The van der Waals surface area contributed by atoms with Crippen molar-refractivity contribution in [3.05, 3.63) is 65.5 Å². The molecule has 0 bridgehead atoms. The Hall–Kier alpha value is -2.36. The predicted octanol–water partition coefficient (Wildman–Crippen LogP) is 3.56. The maximum atomic E-state index is 13.5. The van der Waals surface area contributed by atoms with E-state index in [0.717, 1.165) is 24.1 Å². The first-order chi connectivity index (χ1) is 11.0. The fourth-order valence-electron chi connectivity index (χ4n) is 3.26. The molecule has 3 nitrogen and oxygen atoms in total. The van der Waals surface area contributed by atoms with Crippen LogP contribution in [0.3, 0.4) is 0 Å². The third kappa shape index (κ3) is 3.52. The number of amides is 1. The Kier molecular flexibility index (Phi) is 4.33. The van der Waals surface area contributed by atoms with Gasteiger partial charge in [0.1, 0.15) is 5.82 Å². The summed E-state index contributed by atoms with van der Waals surface area (Å²) in [5.41, 5.74) is 8.19. The highest BCUT2D eigenvalue weighted by molar-refractivity contribution is 5.79. The van der Waals surface area contributed by atoms with E-state index in [9.17, 15) is 9.18 Å². The van der Waals surface area contributed by atoms with Crippen molar-refractivity contribution in [2.24, 2.45) is 5.92 Å². The van der Waals surface area contributed by atoms with Gasteiger partial charge >= 0.3 is 0 Å². The average Bonchev–Trinajstić information content (AvgIpc) is 2.92. The molecule has 2 aromatic rings. The molecule has 0 aromatic heterocycles. The Morgan fingerprint density at radius 3 is 2.70 bits per heavy atom. The first-order valence-electron chi connectivity index (χ1n) is 7.92. The molecule has 3 rings (SSSR count). The van der Waals surface area contributed by atoms with Crippen LogP contribution < -0.4 is 5.73 Å². The zero-order valence-electron chi connectivity index (χ0n) is 13.2. The molecule has 2 N–H and O–H groups in total. The van der Waals surface area contributed by atoms with E-state index in [1.807, 2.05) is 23.1 Å². The van der Waals surface area contributed by atoms with Crippen molar-refractivity contribution in [2.75, 3.05) is 12.3 Å². The third-order valence-electron chi connectivity index (χ3n) is 4.40. The Balaban J connectivity index is 1.78. The molecule has 0 aliphatic carbocycles. The number of halogens is 1. The molecule has 120 valence electrons. The topological polar surface area (TPSA) is 46.3 Å². The maximum absolute atomic E-state index is 13.5. The fraction of sp³-hybridized carbons (Fsp3) is 0.316. The summed E-state index contributed by atoms with van der Waals surface area (Å²) in [7, 11) is 0. The second-order valence-corrected chi connectivity index (χ2v) is 6.38. The standard InChI is InChI=1S/C19H21FN2O/c1-13-9-18(15-3-2-4-16(20)11-15)22(12-13)19(23)10-14-5-7-17(21)8-6-14/h2-8,11,13,18H,9-10,12,21H2,1H3. The number of anilines is 1. The molecule has 0 radical (unpaired) electrons. The second-order valence-electron chi connectivity index (χ2n) is 6.38. The van der Waals surface area contributed by atoms with Crippen LogP contribution in [-0.4, -0.2) is 17.4 Å². The molecule has 0 spiro atoms. The van der Waals surface area contributed by atoms with Crippen molar-refractivity contribution in [1.82, 2.24) is 4.90 Å². The van der Waals surface area contributed by atoms with Gasteiger partial charge in [-0.3, -0.25) is 4.79 Å². The van der Waals surface area contributed by atoms with Gasteiger partial charge < -0.3 is 10.6 Å². The highest BCUT2D eigenvalue weighted by atomic mass is 19.1. The van der Waals surface area contributed by atoms with E-state index in [4.69, 9.17) is 5.73 Å². The Labute approximate surface area is 135 Å². The summed E-state index contributed by atoms with van der Waals surface area (Å²) in [5, 5.41) is 0. The monoisotopic (exact) mass is 312 g/mol. The van der Waals surface area contributed by atoms with E-state index in [-0.39, 0.29) is 17.8 Å². The van der Waals surface area contributed by atoms with Crippen molar-refractivity contribution in [2.45, 2.75) is 25.8 Å². The molecule has 1 aliphatic heterocycles. The van der Waals surface area contributed by atoms with Gasteiger partial charge in [-0.2, -0.15) is 0 Å². The van der Waals surface area contributed by atoms with E-state index in [1.165, 1.54) is 12.1 Å². The summed E-state index contributed by atoms with van der Waals surface area (Å²) in [6, 6.07) is 13.9. The summed E-state index contributed by atoms with van der Waals surface area (Å²) in [6.45, 7) is 2.85. The van der Waals surface area contributed by atoms with Crippen LogP contribution in [0.1, 0.15) is 30.5 Å². The third-order valence-corrected chi connectivity index (χ3v) is 4.40. The minimum Gasteiger partial charge on any atom is -0.399 e. The molecule has 2 unspecified atom stereocenters. The van der Waals surface area contributed by atoms with Crippen LogP contribution in [0.4, 0.5) is 10.1 Å². The number of nitrogens with zero attached hydrogens (tertiary/aromatic N) is 1. The Morgan fingerprint density at radius 2 is 2.00 bits per heavy atom. The minimum absolute atomic E-state index is 0.0398. The molecule has 1 heterocycles. The second kappa shape index (κ2) is 6.41. The smallest absolute Gasteiger partial charge is 0.227 e. The van der Waals surface area contributed by atoms with Crippen LogP contribution in [0.25, 0.3) is 0 Å². The molecule has 23 heavy (non-hydrogen) atoms. The van der Waals surface area contributed by atoms with Gasteiger partial charge in [0.15, 0.2) is 0 Å². The summed E-state index contributed by atoms with van der Waals surface area (Å²) in [4.78, 5) is 14.6. The van der Waals surface area contributed by atoms with Crippen molar-refractivity contribution in [3.63, 3.8) is 0 Å². The van der Waals surface area contributed by atoms with Gasteiger partial charge in [-0.15, -0.1) is 0 Å². The van der Waals surface area contributed by atoms with Crippen LogP contribution in [0.15, 0.2) is 48.5 Å². The first-order valence-corrected chi connectivity index (χ1v) is 7.92. The average molecular weight is 312 g/mol. The van der Waals surface area contributed by atoms with Gasteiger partial charge in [0.05, 0.1) is 12.5 Å². The SMILES string of the molecule is CC1CC(c2cccc(F)c2)N(C(=O)Cc2ccc(N)cc2)C1. The molecule has 1 saturated heterocycles. The van der Waals surface area contributed by atoms with E-state index in [1.54, 1.807) is 18.2 Å². The van der Waals surface area contributed by atoms with E-state index in [2.05, 4.69) is 6.92 Å². The minimum atomic E-state index is -0.256. The van der Waals surface area contributed by atoms with Crippen molar-refractivity contribution < 1.29 is 9.18 Å². The Bertz CT molecular complexity index is 699. The lowest BCUT2D eigenvalue weighted by atomic mass is 10.0. The number of likely N-dealkylation sites (tertiary alicyclic amines) is 1. The van der Waals surface area contributed by atoms with Gasteiger partial charge in [0.2, 0.25) is 5.91 Å². The van der Waals surface area contributed by atoms with E-state index >= 15 is 0 Å². The molecule has 1 aliphatic rings. The lowest BCUT2D eigenvalue weighted by Crippen LogP contribution is -2.32. The van der Waals surface area contributed by atoms with Crippen LogP contribution in [-0.2, 0) is 11.2 Å². The van der Waals surface area contributed by atoms with Gasteiger partial charge in [-0.05, 0) is 47.7 Å². The molecular formula is C19H21FN2O. The van der Waals surface area contributed by atoms with Crippen LogP contribution in [0.5, 0.6) is 0 Å². The van der Waals surface area contributed by atoms with Crippen molar-refractivity contribution >= 4 is 11.6 Å². The normalized spacial score (nSPS) is 20.7. The number of rotatable bonds is 3. The summed E-state index contributed by atoms with van der Waals surface area (Å²) in [5.74, 6) is 0.236. The number of nitrogen functional groups attached to an aromatic ring is 1. The highest BCUT2D eigenvalue weighted by Gasteiger charge is 2.34. The zero-order valence-corrected chi connectivity index (χ0v) is 13.2. The van der Waals surface area contributed by atoms with Crippen LogP contribution in [0.2, 0.25) is 0 Å². The summed E-state index contributed by atoms with van der Waals surface area (Å²) < 4.78 is 13.5. The number of hydrogen-bond donors (Lipinski definition) is 1. The van der Waals surface area contributed by atoms with Crippen molar-refractivity contribution in [1.29, 1.82) is 0 Å². The summed E-state index contributed by atoms with van der Waals surface area (Å²) >= 11 is 0. The lowest BCUT2D eigenvalue weighted by molar-refractivity contribution is -0.131. The molecule has 0 saturated carbocycles.